The molecule has 1 aromatic carbocycles. The predicted molar refractivity (Wildman–Crippen MR) is 73.3 cm³/mol. The van der Waals surface area contributed by atoms with Gasteiger partial charge in [-0.2, -0.15) is 4.37 Å². The Morgan fingerprint density at radius 2 is 2.21 bits per heavy atom. The summed E-state index contributed by atoms with van der Waals surface area (Å²) in [4.78, 5) is 4.29. The minimum Gasteiger partial charge on any atom is -0.323 e. The Labute approximate surface area is 118 Å². The summed E-state index contributed by atoms with van der Waals surface area (Å²) in [5, 5.41) is 0. The second kappa shape index (κ2) is 6.40. The van der Waals surface area contributed by atoms with Crippen molar-refractivity contribution >= 4 is 23.3 Å². The summed E-state index contributed by atoms with van der Waals surface area (Å²) in [6, 6.07) is 2.94. The number of thioether (sulfide) groups is 1. The maximum atomic E-state index is 13.5. The van der Waals surface area contributed by atoms with E-state index in [2.05, 4.69) is 9.36 Å². The first-order valence-electron chi connectivity index (χ1n) is 5.76. The van der Waals surface area contributed by atoms with E-state index in [1.807, 2.05) is 6.92 Å². The van der Waals surface area contributed by atoms with Crippen molar-refractivity contribution in [3.05, 3.63) is 41.2 Å². The Morgan fingerprint density at radius 3 is 2.84 bits per heavy atom. The Morgan fingerprint density at radius 1 is 1.42 bits per heavy atom. The van der Waals surface area contributed by atoms with E-state index in [0.29, 0.717) is 11.3 Å². The van der Waals surface area contributed by atoms with Crippen LogP contribution >= 0.6 is 23.3 Å². The summed E-state index contributed by atoms with van der Waals surface area (Å²) in [6.07, 6.45) is 0.787. The number of nitrogens with zero attached hydrogens (tertiary/aromatic N) is 2. The number of hydrogen-bond acceptors (Lipinski definition) is 5. The molecular weight excluding hydrogens is 288 g/mol. The molecular formula is C12H13F2N3S2. The van der Waals surface area contributed by atoms with Crippen LogP contribution in [0.25, 0.3) is 0 Å². The van der Waals surface area contributed by atoms with Crippen LogP contribution < -0.4 is 5.73 Å². The van der Waals surface area contributed by atoms with Crippen molar-refractivity contribution in [2.75, 3.05) is 5.75 Å². The standard InChI is InChI=1S/C12H13F2N3S2/c1-2-11-16-12(19-17-11)18-6-10(15)8-4-3-7(13)5-9(8)14/h3-5,10H,2,6,15H2,1H3. The van der Waals surface area contributed by atoms with Gasteiger partial charge in [-0.1, -0.05) is 24.8 Å². The van der Waals surface area contributed by atoms with Gasteiger partial charge in [0.05, 0.1) is 0 Å². The number of aryl methyl sites for hydroxylation is 1. The van der Waals surface area contributed by atoms with Crippen LogP contribution in [0.15, 0.2) is 22.5 Å². The molecule has 19 heavy (non-hydrogen) atoms. The molecule has 2 rings (SSSR count). The van der Waals surface area contributed by atoms with E-state index in [4.69, 9.17) is 5.73 Å². The molecule has 0 spiro atoms. The molecule has 0 fully saturated rings. The van der Waals surface area contributed by atoms with E-state index in [0.717, 1.165) is 22.7 Å². The zero-order valence-electron chi connectivity index (χ0n) is 10.3. The fourth-order valence-corrected chi connectivity index (χ4v) is 3.19. The highest BCUT2D eigenvalue weighted by Gasteiger charge is 2.14. The molecule has 1 unspecified atom stereocenters. The Kier molecular flexibility index (Phi) is 4.84. The average molecular weight is 301 g/mol. The third-order valence-electron chi connectivity index (χ3n) is 2.51. The van der Waals surface area contributed by atoms with Crippen LogP contribution in [0.4, 0.5) is 8.78 Å². The highest BCUT2D eigenvalue weighted by molar-refractivity contribution is 8.00. The van der Waals surface area contributed by atoms with Gasteiger partial charge in [0.2, 0.25) is 0 Å². The molecule has 0 radical (unpaired) electrons. The summed E-state index contributed by atoms with van der Waals surface area (Å²) >= 11 is 2.74. The van der Waals surface area contributed by atoms with E-state index in [9.17, 15) is 8.78 Å². The zero-order chi connectivity index (χ0) is 13.8. The van der Waals surface area contributed by atoms with Gasteiger partial charge in [0, 0.05) is 29.8 Å². The number of rotatable bonds is 5. The molecule has 1 heterocycles. The number of halogens is 2. The minimum absolute atomic E-state index is 0.314. The van der Waals surface area contributed by atoms with Crippen LogP contribution in [0, 0.1) is 11.6 Å². The summed E-state index contributed by atoms with van der Waals surface area (Å²) in [5.41, 5.74) is 6.22. The Hall–Kier alpha value is -1.05. The van der Waals surface area contributed by atoms with E-state index in [-0.39, 0.29) is 0 Å². The molecule has 0 aliphatic heterocycles. The van der Waals surface area contributed by atoms with Gasteiger partial charge in [-0.25, -0.2) is 13.8 Å². The van der Waals surface area contributed by atoms with Gasteiger partial charge in [0.25, 0.3) is 0 Å². The van der Waals surface area contributed by atoms with Gasteiger partial charge in [-0.15, -0.1) is 0 Å². The van der Waals surface area contributed by atoms with Crippen molar-refractivity contribution in [2.45, 2.75) is 23.7 Å². The molecule has 1 aromatic heterocycles. The minimum atomic E-state index is -0.611. The molecule has 0 saturated heterocycles. The quantitative estimate of drug-likeness (QED) is 0.862. The Bertz CT molecular complexity index is 560. The number of aromatic nitrogens is 2. The maximum absolute atomic E-state index is 13.5. The molecule has 102 valence electrons. The number of benzene rings is 1. The Balaban J connectivity index is 1.98. The molecule has 0 aliphatic carbocycles. The van der Waals surface area contributed by atoms with Crippen LogP contribution in [-0.4, -0.2) is 15.1 Å². The van der Waals surface area contributed by atoms with Crippen LogP contribution in [0.1, 0.15) is 24.4 Å². The van der Waals surface area contributed by atoms with Crippen LogP contribution in [0.2, 0.25) is 0 Å². The maximum Gasteiger partial charge on any atom is 0.170 e. The fraction of sp³-hybridized carbons (Fsp3) is 0.333. The lowest BCUT2D eigenvalue weighted by Gasteiger charge is -2.11. The SMILES string of the molecule is CCc1nsc(SCC(N)c2ccc(F)cc2F)n1. The first-order chi connectivity index (χ1) is 9.10. The van der Waals surface area contributed by atoms with E-state index in [1.165, 1.54) is 35.4 Å². The summed E-state index contributed by atoms with van der Waals surface area (Å²) in [6.45, 7) is 1.98. The lowest BCUT2D eigenvalue weighted by Crippen LogP contribution is -2.14. The first-order valence-corrected chi connectivity index (χ1v) is 7.52. The van der Waals surface area contributed by atoms with Crippen LogP contribution in [0.5, 0.6) is 0 Å². The molecule has 2 aromatic rings. The number of hydrogen-bond donors (Lipinski definition) is 1. The highest BCUT2D eigenvalue weighted by Crippen LogP contribution is 2.26. The largest absolute Gasteiger partial charge is 0.323 e. The normalized spacial score (nSPS) is 12.6. The lowest BCUT2D eigenvalue weighted by atomic mass is 10.1. The molecule has 1 atom stereocenters. The third kappa shape index (κ3) is 3.71. The van der Waals surface area contributed by atoms with Crippen LogP contribution in [0.3, 0.4) is 0 Å². The van der Waals surface area contributed by atoms with Crippen LogP contribution in [-0.2, 0) is 6.42 Å². The van der Waals surface area contributed by atoms with Gasteiger partial charge in [0.15, 0.2) is 4.34 Å². The van der Waals surface area contributed by atoms with Crippen molar-refractivity contribution in [2.24, 2.45) is 5.73 Å². The third-order valence-corrected chi connectivity index (χ3v) is 4.50. The fourth-order valence-electron chi connectivity index (χ4n) is 1.49. The van der Waals surface area contributed by atoms with Crippen molar-refractivity contribution < 1.29 is 8.78 Å². The summed E-state index contributed by atoms with van der Waals surface area (Å²) < 4.78 is 31.3. The molecule has 2 N–H and O–H groups in total. The summed E-state index contributed by atoms with van der Waals surface area (Å²) in [5.74, 6) is 0.0624. The van der Waals surface area contributed by atoms with Gasteiger partial charge in [-0.3, -0.25) is 0 Å². The van der Waals surface area contributed by atoms with E-state index < -0.39 is 17.7 Å². The smallest absolute Gasteiger partial charge is 0.170 e. The molecule has 0 bridgehead atoms. The molecule has 0 saturated carbocycles. The number of nitrogens with two attached hydrogens (primary N) is 1. The molecule has 0 amide bonds. The summed E-state index contributed by atoms with van der Waals surface area (Å²) in [7, 11) is 0. The van der Waals surface area contributed by atoms with Crippen molar-refractivity contribution in [1.29, 1.82) is 0 Å². The van der Waals surface area contributed by atoms with Gasteiger partial charge in [-0.05, 0) is 17.6 Å². The van der Waals surface area contributed by atoms with Gasteiger partial charge >= 0.3 is 0 Å². The average Bonchev–Trinajstić information content (AvgIpc) is 2.84. The van der Waals surface area contributed by atoms with Crippen molar-refractivity contribution in [3.8, 4) is 0 Å². The van der Waals surface area contributed by atoms with Gasteiger partial charge < -0.3 is 5.73 Å². The second-order valence-electron chi connectivity index (χ2n) is 3.91. The monoisotopic (exact) mass is 301 g/mol. The highest BCUT2D eigenvalue weighted by atomic mass is 32.2. The molecule has 0 aliphatic rings. The van der Waals surface area contributed by atoms with E-state index >= 15 is 0 Å². The van der Waals surface area contributed by atoms with Crippen molar-refractivity contribution in [1.82, 2.24) is 9.36 Å². The van der Waals surface area contributed by atoms with E-state index in [1.54, 1.807) is 0 Å². The molecule has 7 heteroatoms. The first kappa shape index (κ1) is 14.4. The lowest BCUT2D eigenvalue weighted by molar-refractivity contribution is 0.563. The molecule has 3 nitrogen and oxygen atoms in total. The zero-order valence-corrected chi connectivity index (χ0v) is 11.9. The topological polar surface area (TPSA) is 51.8 Å². The second-order valence-corrected chi connectivity index (χ2v) is 5.93. The van der Waals surface area contributed by atoms with Gasteiger partial charge in [0.1, 0.15) is 17.5 Å². The van der Waals surface area contributed by atoms with Crippen molar-refractivity contribution in [3.63, 3.8) is 0 Å². The predicted octanol–water partition coefficient (Wildman–Crippen LogP) is 3.17.